The van der Waals surface area contributed by atoms with Crippen molar-refractivity contribution in [3.05, 3.63) is 63.7 Å². The number of halogens is 1. The summed E-state index contributed by atoms with van der Waals surface area (Å²) in [4.78, 5) is 44.7. The summed E-state index contributed by atoms with van der Waals surface area (Å²) in [5.74, 6) is -3.18. The van der Waals surface area contributed by atoms with Gasteiger partial charge in [-0.25, -0.2) is 9.18 Å². The summed E-state index contributed by atoms with van der Waals surface area (Å²) in [7, 11) is 1.24. The van der Waals surface area contributed by atoms with Crippen LogP contribution in [0.5, 0.6) is 0 Å². The third-order valence-corrected chi connectivity index (χ3v) is 6.32. The minimum Gasteiger partial charge on any atom is -0.507 e. The van der Waals surface area contributed by atoms with Gasteiger partial charge in [0.25, 0.3) is 11.7 Å². The molecule has 1 aromatic heterocycles. The van der Waals surface area contributed by atoms with Crippen molar-refractivity contribution in [1.29, 1.82) is 0 Å². The van der Waals surface area contributed by atoms with Gasteiger partial charge in [-0.05, 0) is 50.2 Å². The van der Waals surface area contributed by atoms with E-state index in [-0.39, 0.29) is 23.4 Å². The molecule has 0 saturated carbocycles. The number of carbonyl (C=O) groups is 3. The van der Waals surface area contributed by atoms with E-state index in [0.29, 0.717) is 23.4 Å². The van der Waals surface area contributed by atoms with E-state index >= 15 is 0 Å². The number of carbonyl (C=O) groups excluding carboxylic acids is 3. The van der Waals surface area contributed by atoms with Crippen LogP contribution in [-0.2, 0) is 14.3 Å². The highest BCUT2D eigenvalue weighted by Crippen LogP contribution is 2.40. The highest BCUT2D eigenvalue weighted by molar-refractivity contribution is 6.46. The van der Waals surface area contributed by atoms with Gasteiger partial charge in [0.1, 0.15) is 17.3 Å². The van der Waals surface area contributed by atoms with Gasteiger partial charge >= 0.3 is 5.97 Å². The Morgan fingerprint density at radius 2 is 1.91 bits per heavy atom. The molecule has 1 saturated heterocycles. The zero-order valence-corrected chi connectivity index (χ0v) is 20.1. The van der Waals surface area contributed by atoms with Gasteiger partial charge in [-0.3, -0.25) is 9.59 Å². The Labute approximate surface area is 198 Å². The number of aliphatic hydroxyl groups excluding tert-OH is 1. The molecule has 2 heterocycles. The van der Waals surface area contributed by atoms with Crippen molar-refractivity contribution >= 4 is 23.4 Å². The summed E-state index contributed by atoms with van der Waals surface area (Å²) in [6, 6.07) is 4.67. The molecule has 0 bridgehead atoms. The SMILES string of the molecule is CCN(CC)CCN1C(=O)C(=O)/C(=C(/O)c2c(C)[nH]c(C(=O)OC)c2C)C1c1cccc(F)c1. The van der Waals surface area contributed by atoms with Gasteiger partial charge in [0.2, 0.25) is 0 Å². The van der Waals surface area contributed by atoms with Crippen molar-refractivity contribution < 1.29 is 28.6 Å². The lowest BCUT2D eigenvalue weighted by Gasteiger charge is -2.28. The van der Waals surface area contributed by atoms with E-state index in [1.807, 2.05) is 13.8 Å². The molecule has 8 nitrogen and oxygen atoms in total. The highest BCUT2D eigenvalue weighted by atomic mass is 19.1. The average Bonchev–Trinajstić information content (AvgIpc) is 3.26. The van der Waals surface area contributed by atoms with Crippen LogP contribution in [0.25, 0.3) is 5.76 Å². The molecule has 9 heteroatoms. The lowest BCUT2D eigenvalue weighted by Crippen LogP contribution is -2.38. The van der Waals surface area contributed by atoms with Crippen LogP contribution in [-0.4, -0.2) is 70.8 Å². The molecule has 182 valence electrons. The number of likely N-dealkylation sites (N-methyl/N-ethyl adjacent to an activating group) is 1. The van der Waals surface area contributed by atoms with Crippen LogP contribution >= 0.6 is 0 Å². The molecule has 0 radical (unpaired) electrons. The maximum atomic E-state index is 14.1. The summed E-state index contributed by atoms with van der Waals surface area (Å²) in [5.41, 5.74) is 1.43. The number of ketones is 1. The van der Waals surface area contributed by atoms with Crippen molar-refractivity contribution in [3.63, 3.8) is 0 Å². The molecule has 0 spiro atoms. The summed E-state index contributed by atoms with van der Waals surface area (Å²) in [6.07, 6.45) is 0. The minimum atomic E-state index is -0.971. The molecule has 1 amide bonds. The Morgan fingerprint density at radius 3 is 2.50 bits per heavy atom. The number of likely N-dealkylation sites (tertiary alicyclic amines) is 1. The van der Waals surface area contributed by atoms with Crippen LogP contribution in [0.15, 0.2) is 29.8 Å². The number of hydrogen-bond donors (Lipinski definition) is 2. The van der Waals surface area contributed by atoms with Gasteiger partial charge in [-0.1, -0.05) is 26.0 Å². The highest BCUT2D eigenvalue weighted by Gasteiger charge is 2.46. The monoisotopic (exact) mass is 471 g/mol. The zero-order chi connectivity index (χ0) is 25.2. The second kappa shape index (κ2) is 10.2. The third-order valence-electron chi connectivity index (χ3n) is 6.32. The molecule has 1 atom stereocenters. The van der Waals surface area contributed by atoms with Crippen LogP contribution in [0.2, 0.25) is 0 Å². The van der Waals surface area contributed by atoms with E-state index in [1.165, 1.54) is 30.2 Å². The Kier molecular flexibility index (Phi) is 7.56. The number of hydrogen-bond acceptors (Lipinski definition) is 6. The van der Waals surface area contributed by atoms with E-state index in [4.69, 9.17) is 4.74 Å². The number of H-pyrrole nitrogens is 1. The van der Waals surface area contributed by atoms with Gasteiger partial charge in [-0.15, -0.1) is 0 Å². The number of aryl methyl sites for hydroxylation is 1. The number of benzene rings is 1. The second-order valence-corrected chi connectivity index (χ2v) is 8.19. The van der Waals surface area contributed by atoms with Crippen LogP contribution in [0.4, 0.5) is 4.39 Å². The van der Waals surface area contributed by atoms with Gasteiger partial charge in [0.15, 0.2) is 0 Å². The smallest absolute Gasteiger partial charge is 0.354 e. The fraction of sp³-hybridized carbons (Fsp3) is 0.400. The van der Waals surface area contributed by atoms with Gasteiger partial charge in [0, 0.05) is 24.3 Å². The second-order valence-electron chi connectivity index (χ2n) is 8.19. The minimum absolute atomic E-state index is 0.139. The van der Waals surface area contributed by atoms with Gasteiger partial charge in [0.05, 0.1) is 18.7 Å². The van der Waals surface area contributed by atoms with E-state index in [9.17, 15) is 23.9 Å². The number of esters is 1. The van der Waals surface area contributed by atoms with Crippen molar-refractivity contribution in [2.24, 2.45) is 0 Å². The molecular formula is C25H30FN3O5. The Bertz CT molecular complexity index is 1150. The molecule has 2 aromatic rings. The average molecular weight is 472 g/mol. The summed E-state index contributed by atoms with van der Waals surface area (Å²) < 4.78 is 18.9. The molecule has 1 aromatic carbocycles. The topological polar surface area (TPSA) is 103 Å². The fourth-order valence-electron chi connectivity index (χ4n) is 4.47. The zero-order valence-electron chi connectivity index (χ0n) is 20.1. The first-order chi connectivity index (χ1) is 16.2. The first-order valence-electron chi connectivity index (χ1n) is 11.2. The van der Waals surface area contributed by atoms with Crippen molar-refractivity contribution in [2.75, 3.05) is 33.3 Å². The summed E-state index contributed by atoms with van der Waals surface area (Å²) in [5, 5.41) is 11.3. The van der Waals surface area contributed by atoms with E-state index in [1.54, 1.807) is 19.9 Å². The normalized spacial score (nSPS) is 17.6. The van der Waals surface area contributed by atoms with Gasteiger partial charge < -0.3 is 24.6 Å². The van der Waals surface area contributed by atoms with Crippen molar-refractivity contribution in [3.8, 4) is 0 Å². The molecule has 1 fully saturated rings. The van der Waals surface area contributed by atoms with Crippen LogP contribution in [0.3, 0.4) is 0 Å². The Morgan fingerprint density at radius 1 is 1.24 bits per heavy atom. The number of methoxy groups -OCH3 is 1. The van der Waals surface area contributed by atoms with E-state index in [0.717, 1.165) is 13.1 Å². The van der Waals surface area contributed by atoms with Crippen LogP contribution in [0, 0.1) is 19.7 Å². The molecule has 3 rings (SSSR count). The molecule has 1 aliphatic heterocycles. The van der Waals surface area contributed by atoms with Gasteiger partial charge in [-0.2, -0.15) is 0 Å². The number of nitrogens with one attached hydrogen (secondary N) is 1. The first kappa shape index (κ1) is 25.2. The van der Waals surface area contributed by atoms with Crippen LogP contribution in [0.1, 0.15) is 52.8 Å². The molecule has 34 heavy (non-hydrogen) atoms. The number of nitrogens with zero attached hydrogens (tertiary/aromatic N) is 2. The maximum Gasteiger partial charge on any atom is 0.354 e. The lowest BCUT2D eigenvalue weighted by atomic mass is 9.94. The predicted octanol–water partition coefficient (Wildman–Crippen LogP) is 3.32. The fourth-order valence-corrected chi connectivity index (χ4v) is 4.47. The Hall–Kier alpha value is -3.46. The lowest BCUT2D eigenvalue weighted by molar-refractivity contribution is -0.140. The van der Waals surface area contributed by atoms with E-state index < -0.39 is 35.3 Å². The first-order valence-corrected chi connectivity index (χ1v) is 11.2. The number of rotatable bonds is 8. The number of Topliss-reactive ketones (excluding diaryl/α,β-unsaturated/α-hetero) is 1. The van der Waals surface area contributed by atoms with Crippen molar-refractivity contribution in [1.82, 2.24) is 14.8 Å². The summed E-state index contributed by atoms with van der Waals surface area (Å²) >= 11 is 0. The molecular weight excluding hydrogens is 441 g/mol. The largest absolute Gasteiger partial charge is 0.507 e. The number of aromatic amines is 1. The maximum absolute atomic E-state index is 14.1. The standard InChI is InChI=1S/C25H30FN3O5/c1-6-28(7-2)11-12-29-21(16-9-8-10-17(26)13-16)19(23(31)24(29)32)22(30)18-14(3)20(25(33)34-5)27-15(18)4/h8-10,13,21,27,30H,6-7,11-12H2,1-5H3/b22-19+. The number of amides is 1. The number of aliphatic hydroxyl groups is 1. The molecule has 1 unspecified atom stereocenters. The third kappa shape index (κ3) is 4.48. The Balaban J connectivity index is 2.19. The summed E-state index contributed by atoms with van der Waals surface area (Å²) in [6.45, 7) is 9.52. The number of ether oxygens (including phenoxy) is 1. The quantitative estimate of drug-likeness (QED) is 0.265. The number of aromatic nitrogens is 1. The predicted molar refractivity (Wildman–Crippen MR) is 125 cm³/mol. The molecule has 2 N–H and O–H groups in total. The molecule has 1 aliphatic rings. The van der Waals surface area contributed by atoms with Crippen molar-refractivity contribution in [2.45, 2.75) is 33.7 Å². The van der Waals surface area contributed by atoms with Crippen LogP contribution < -0.4 is 0 Å². The molecule has 0 aliphatic carbocycles. The van der Waals surface area contributed by atoms with E-state index in [2.05, 4.69) is 9.88 Å².